The Hall–Kier alpha value is 0.210. The van der Waals surface area contributed by atoms with Crippen LogP contribution in [0.4, 0.5) is 0 Å². The van der Waals surface area contributed by atoms with E-state index in [0.29, 0.717) is 0 Å². The minimum atomic E-state index is 0.762. The van der Waals surface area contributed by atoms with Crippen molar-refractivity contribution in [3.05, 3.63) is 0 Å². The van der Waals surface area contributed by atoms with E-state index in [1.54, 1.807) is 0 Å². The van der Waals surface area contributed by atoms with Crippen LogP contribution in [-0.4, -0.2) is 54.9 Å². The van der Waals surface area contributed by atoms with E-state index >= 15 is 0 Å². The standard InChI is InChI=1S/C12H23ClN2/c13-10-12-4-9-15(11-12)8-3-7-14-5-1-2-6-14/h12H,1-11H2. The lowest BCUT2D eigenvalue weighted by Gasteiger charge is -2.18. The van der Waals surface area contributed by atoms with Crippen molar-refractivity contribution in [3.8, 4) is 0 Å². The van der Waals surface area contributed by atoms with Gasteiger partial charge in [0.25, 0.3) is 0 Å². The van der Waals surface area contributed by atoms with Crippen molar-refractivity contribution < 1.29 is 0 Å². The van der Waals surface area contributed by atoms with E-state index in [9.17, 15) is 0 Å². The van der Waals surface area contributed by atoms with Crippen LogP contribution < -0.4 is 0 Å². The Labute approximate surface area is 98.6 Å². The highest BCUT2D eigenvalue weighted by molar-refractivity contribution is 6.18. The van der Waals surface area contributed by atoms with Gasteiger partial charge in [-0.2, -0.15) is 0 Å². The highest BCUT2D eigenvalue weighted by atomic mass is 35.5. The van der Waals surface area contributed by atoms with E-state index in [0.717, 1.165) is 11.8 Å². The number of rotatable bonds is 5. The van der Waals surface area contributed by atoms with Gasteiger partial charge in [-0.3, -0.25) is 0 Å². The van der Waals surface area contributed by atoms with Gasteiger partial charge in [0.2, 0.25) is 0 Å². The van der Waals surface area contributed by atoms with Crippen LogP contribution >= 0.6 is 11.6 Å². The average Bonchev–Trinajstić information content (AvgIpc) is 2.88. The lowest BCUT2D eigenvalue weighted by atomic mass is 10.2. The molecule has 88 valence electrons. The van der Waals surface area contributed by atoms with Crippen LogP contribution in [0.1, 0.15) is 25.7 Å². The lowest BCUT2D eigenvalue weighted by Crippen LogP contribution is -2.27. The second-order valence-electron chi connectivity index (χ2n) is 5.01. The van der Waals surface area contributed by atoms with Crippen molar-refractivity contribution in [1.82, 2.24) is 9.80 Å². The van der Waals surface area contributed by atoms with Crippen LogP contribution in [-0.2, 0) is 0 Å². The van der Waals surface area contributed by atoms with Crippen molar-refractivity contribution in [2.45, 2.75) is 25.7 Å². The fraction of sp³-hybridized carbons (Fsp3) is 1.00. The molecule has 2 nitrogen and oxygen atoms in total. The van der Waals surface area contributed by atoms with E-state index < -0.39 is 0 Å². The Morgan fingerprint density at radius 3 is 2.40 bits per heavy atom. The summed E-state index contributed by atoms with van der Waals surface area (Å²) >= 11 is 5.88. The first-order valence-corrected chi connectivity index (χ1v) is 6.92. The normalized spacial score (nSPS) is 29.0. The summed E-state index contributed by atoms with van der Waals surface area (Å²) in [5.74, 6) is 1.61. The molecule has 0 bridgehead atoms. The third-order valence-corrected chi connectivity index (χ3v) is 4.17. The average molecular weight is 231 g/mol. The van der Waals surface area contributed by atoms with E-state index in [1.807, 2.05) is 0 Å². The molecule has 0 aromatic rings. The Morgan fingerprint density at radius 2 is 1.73 bits per heavy atom. The Balaban J connectivity index is 1.54. The van der Waals surface area contributed by atoms with Gasteiger partial charge >= 0.3 is 0 Å². The third kappa shape index (κ3) is 3.61. The molecule has 0 aromatic carbocycles. The smallest absolute Gasteiger partial charge is 0.0264 e. The zero-order valence-corrected chi connectivity index (χ0v) is 10.4. The second-order valence-corrected chi connectivity index (χ2v) is 5.32. The summed E-state index contributed by atoms with van der Waals surface area (Å²) in [4.78, 5) is 5.19. The number of alkyl halides is 1. The highest BCUT2D eigenvalue weighted by Gasteiger charge is 2.21. The molecule has 0 spiro atoms. The predicted octanol–water partition coefficient (Wildman–Crippen LogP) is 2.03. The molecule has 15 heavy (non-hydrogen) atoms. The van der Waals surface area contributed by atoms with Crippen LogP contribution in [0.25, 0.3) is 0 Å². The molecule has 3 heteroatoms. The van der Waals surface area contributed by atoms with Crippen LogP contribution in [0.5, 0.6) is 0 Å². The highest BCUT2D eigenvalue weighted by Crippen LogP contribution is 2.17. The lowest BCUT2D eigenvalue weighted by molar-refractivity contribution is 0.276. The van der Waals surface area contributed by atoms with Crippen molar-refractivity contribution in [1.29, 1.82) is 0 Å². The third-order valence-electron chi connectivity index (χ3n) is 3.74. The monoisotopic (exact) mass is 230 g/mol. The van der Waals surface area contributed by atoms with Gasteiger partial charge in [0, 0.05) is 12.4 Å². The summed E-state index contributed by atoms with van der Waals surface area (Å²) in [5.41, 5.74) is 0. The number of hydrogen-bond donors (Lipinski definition) is 0. The van der Waals surface area contributed by atoms with E-state index in [2.05, 4.69) is 9.80 Å². The number of hydrogen-bond acceptors (Lipinski definition) is 2. The summed E-state index contributed by atoms with van der Waals surface area (Å²) in [5, 5.41) is 0. The van der Waals surface area contributed by atoms with Gasteiger partial charge in [0.1, 0.15) is 0 Å². The van der Waals surface area contributed by atoms with Gasteiger partial charge in [0.05, 0.1) is 0 Å². The number of nitrogens with zero attached hydrogens (tertiary/aromatic N) is 2. The maximum atomic E-state index is 5.88. The van der Waals surface area contributed by atoms with E-state index in [1.165, 1.54) is 65.0 Å². The largest absolute Gasteiger partial charge is 0.303 e. The molecule has 2 aliphatic rings. The molecule has 2 fully saturated rings. The molecule has 0 radical (unpaired) electrons. The molecule has 0 N–H and O–H groups in total. The zero-order chi connectivity index (χ0) is 10.5. The summed E-state index contributed by atoms with van der Waals surface area (Å²) in [6.45, 7) is 7.78. The first kappa shape index (κ1) is 11.7. The maximum Gasteiger partial charge on any atom is 0.0264 e. The topological polar surface area (TPSA) is 6.48 Å². The molecule has 2 heterocycles. The first-order valence-electron chi connectivity index (χ1n) is 6.39. The summed E-state index contributed by atoms with van der Waals surface area (Å²) in [7, 11) is 0. The van der Waals surface area contributed by atoms with Crippen LogP contribution in [0.15, 0.2) is 0 Å². The van der Waals surface area contributed by atoms with Gasteiger partial charge < -0.3 is 9.80 Å². The zero-order valence-electron chi connectivity index (χ0n) is 9.63. The fourth-order valence-corrected chi connectivity index (χ4v) is 3.02. The number of likely N-dealkylation sites (tertiary alicyclic amines) is 2. The van der Waals surface area contributed by atoms with Crippen LogP contribution in [0.2, 0.25) is 0 Å². The van der Waals surface area contributed by atoms with Gasteiger partial charge in [-0.05, 0) is 64.3 Å². The summed E-state index contributed by atoms with van der Waals surface area (Å²) in [6, 6.07) is 0. The molecule has 2 rings (SSSR count). The van der Waals surface area contributed by atoms with E-state index in [4.69, 9.17) is 11.6 Å². The molecule has 2 aliphatic heterocycles. The molecule has 0 saturated carbocycles. The quantitative estimate of drug-likeness (QED) is 0.667. The molecule has 1 unspecified atom stereocenters. The predicted molar refractivity (Wildman–Crippen MR) is 65.6 cm³/mol. The molecule has 1 atom stereocenters. The SMILES string of the molecule is ClCC1CCN(CCCN2CCCC2)C1. The van der Waals surface area contributed by atoms with Crippen molar-refractivity contribution in [2.24, 2.45) is 5.92 Å². The minimum Gasteiger partial charge on any atom is -0.303 e. The van der Waals surface area contributed by atoms with Crippen LogP contribution in [0, 0.1) is 5.92 Å². The van der Waals surface area contributed by atoms with Gasteiger partial charge in [-0.25, -0.2) is 0 Å². The Kier molecular flexibility index (Phi) is 4.73. The molecular weight excluding hydrogens is 208 g/mol. The van der Waals surface area contributed by atoms with Crippen molar-refractivity contribution in [2.75, 3.05) is 45.1 Å². The molecular formula is C12H23ClN2. The molecule has 0 amide bonds. The first-order chi connectivity index (χ1) is 7.38. The van der Waals surface area contributed by atoms with Crippen molar-refractivity contribution >= 4 is 11.6 Å². The van der Waals surface area contributed by atoms with Gasteiger partial charge in [-0.15, -0.1) is 11.6 Å². The van der Waals surface area contributed by atoms with Gasteiger partial charge in [0.15, 0.2) is 0 Å². The number of halogens is 1. The van der Waals surface area contributed by atoms with Gasteiger partial charge in [-0.1, -0.05) is 0 Å². The van der Waals surface area contributed by atoms with Crippen LogP contribution in [0.3, 0.4) is 0 Å². The molecule has 2 saturated heterocycles. The summed E-state index contributed by atoms with van der Waals surface area (Å²) < 4.78 is 0. The Bertz CT molecular complexity index is 180. The van der Waals surface area contributed by atoms with Crippen molar-refractivity contribution in [3.63, 3.8) is 0 Å². The van der Waals surface area contributed by atoms with E-state index in [-0.39, 0.29) is 0 Å². The Morgan fingerprint density at radius 1 is 1.00 bits per heavy atom. The molecule has 0 aliphatic carbocycles. The fourth-order valence-electron chi connectivity index (χ4n) is 2.77. The summed E-state index contributed by atoms with van der Waals surface area (Å²) in [6.07, 6.45) is 5.48. The maximum absolute atomic E-state index is 5.88. The second kappa shape index (κ2) is 6.07. The molecule has 0 aromatic heterocycles. The minimum absolute atomic E-state index is 0.762.